The first kappa shape index (κ1) is 16.2. The molecule has 122 valence electrons. The molecule has 0 saturated carbocycles. The van der Waals surface area contributed by atoms with Gasteiger partial charge in [0.25, 0.3) is 5.91 Å². The van der Waals surface area contributed by atoms with Crippen LogP contribution < -0.4 is 0 Å². The Morgan fingerprint density at radius 3 is 2.65 bits per heavy atom. The summed E-state index contributed by atoms with van der Waals surface area (Å²) < 4.78 is 0. The van der Waals surface area contributed by atoms with E-state index in [9.17, 15) is 4.79 Å². The molecule has 0 unspecified atom stereocenters. The second-order valence-electron chi connectivity index (χ2n) is 6.50. The number of benzene rings is 1. The molecule has 3 nitrogen and oxygen atoms in total. The van der Waals surface area contributed by atoms with E-state index in [0.29, 0.717) is 0 Å². The van der Waals surface area contributed by atoms with Crippen molar-refractivity contribution in [1.82, 2.24) is 9.80 Å². The van der Waals surface area contributed by atoms with Crippen molar-refractivity contribution in [3.05, 3.63) is 57.8 Å². The first-order chi connectivity index (χ1) is 11.1. The maximum atomic E-state index is 12.8. The molecule has 1 aromatic heterocycles. The first-order valence-corrected chi connectivity index (χ1v) is 9.16. The van der Waals surface area contributed by atoms with Crippen LogP contribution in [0.3, 0.4) is 0 Å². The fourth-order valence-corrected chi connectivity index (χ4v) is 3.91. The summed E-state index contributed by atoms with van der Waals surface area (Å²) in [6.07, 6.45) is 3.35. The Morgan fingerprint density at radius 2 is 2.00 bits per heavy atom. The van der Waals surface area contributed by atoms with E-state index in [-0.39, 0.29) is 11.9 Å². The third kappa shape index (κ3) is 3.82. The van der Waals surface area contributed by atoms with Gasteiger partial charge in [0.2, 0.25) is 0 Å². The predicted molar refractivity (Wildman–Crippen MR) is 95.8 cm³/mol. The summed E-state index contributed by atoms with van der Waals surface area (Å²) in [6, 6.07) is 10.9. The topological polar surface area (TPSA) is 23.6 Å². The van der Waals surface area contributed by atoms with Gasteiger partial charge in [-0.15, -0.1) is 0 Å². The Labute approximate surface area is 142 Å². The zero-order chi connectivity index (χ0) is 16.2. The molecule has 0 aliphatic carbocycles. The molecule has 1 amide bonds. The minimum absolute atomic E-state index is 0.174. The highest BCUT2D eigenvalue weighted by atomic mass is 32.1. The van der Waals surface area contributed by atoms with Gasteiger partial charge in [0.05, 0.1) is 11.6 Å². The minimum Gasteiger partial charge on any atom is -0.332 e. The van der Waals surface area contributed by atoms with Crippen molar-refractivity contribution in [3.8, 4) is 0 Å². The van der Waals surface area contributed by atoms with Gasteiger partial charge >= 0.3 is 0 Å². The molecular weight excluding hydrogens is 304 g/mol. The molecule has 1 aliphatic heterocycles. The molecule has 1 aliphatic rings. The van der Waals surface area contributed by atoms with Crippen LogP contribution in [0, 0.1) is 0 Å². The summed E-state index contributed by atoms with van der Waals surface area (Å²) >= 11 is 1.58. The second-order valence-corrected chi connectivity index (χ2v) is 7.28. The molecule has 2 aromatic rings. The van der Waals surface area contributed by atoms with Crippen LogP contribution in [-0.2, 0) is 6.54 Å². The Bertz CT molecular complexity index is 634. The number of rotatable bonds is 4. The zero-order valence-corrected chi connectivity index (χ0v) is 14.7. The van der Waals surface area contributed by atoms with Crippen LogP contribution in [0.4, 0.5) is 0 Å². The van der Waals surface area contributed by atoms with Gasteiger partial charge in [-0.1, -0.05) is 24.3 Å². The summed E-state index contributed by atoms with van der Waals surface area (Å²) in [6.45, 7) is 1.81. The van der Waals surface area contributed by atoms with E-state index >= 15 is 0 Å². The minimum atomic E-state index is 0.174. The fourth-order valence-electron chi connectivity index (χ4n) is 3.28. The quantitative estimate of drug-likeness (QED) is 0.841. The van der Waals surface area contributed by atoms with Gasteiger partial charge in [-0.25, -0.2) is 0 Å². The van der Waals surface area contributed by atoms with Gasteiger partial charge in [-0.2, -0.15) is 11.3 Å². The number of piperidine rings is 1. The van der Waals surface area contributed by atoms with Gasteiger partial charge in [-0.3, -0.25) is 4.79 Å². The highest BCUT2D eigenvalue weighted by Gasteiger charge is 2.28. The highest BCUT2D eigenvalue weighted by molar-refractivity contribution is 7.08. The van der Waals surface area contributed by atoms with Crippen molar-refractivity contribution in [2.75, 3.05) is 20.6 Å². The third-order valence-electron chi connectivity index (χ3n) is 4.40. The molecule has 1 aromatic carbocycles. The van der Waals surface area contributed by atoms with Crippen LogP contribution in [0.2, 0.25) is 0 Å². The lowest BCUT2D eigenvalue weighted by Crippen LogP contribution is -2.38. The number of thiophene rings is 1. The van der Waals surface area contributed by atoms with Crippen molar-refractivity contribution < 1.29 is 4.79 Å². The van der Waals surface area contributed by atoms with Crippen LogP contribution in [-0.4, -0.2) is 36.3 Å². The van der Waals surface area contributed by atoms with E-state index in [1.54, 1.807) is 11.3 Å². The highest BCUT2D eigenvalue weighted by Crippen LogP contribution is 2.32. The van der Waals surface area contributed by atoms with Crippen LogP contribution in [0.5, 0.6) is 0 Å². The molecule has 0 N–H and O–H groups in total. The summed E-state index contributed by atoms with van der Waals surface area (Å²) in [5.74, 6) is 0.174. The Hall–Kier alpha value is -1.65. The average Bonchev–Trinajstić information content (AvgIpc) is 3.09. The fraction of sp³-hybridized carbons (Fsp3) is 0.421. The van der Waals surface area contributed by atoms with E-state index in [1.807, 2.05) is 16.8 Å². The third-order valence-corrected chi connectivity index (χ3v) is 5.08. The molecule has 0 radical (unpaired) electrons. The van der Waals surface area contributed by atoms with Crippen LogP contribution in [0.1, 0.15) is 46.8 Å². The molecule has 1 atom stereocenters. The Balaban J connectivity index is 1.79. The van der Waals surface area contributed by atoms with Gasteiger partial charge < -0.3 is 9.80 Å². The van der Waals surface area contributed by atoms with Gasteiger partial charge in [0, 0.05) is 18.5 Å². The smallest absolute Gasteiger partial charge is 0.255 e. The van der Waals surface area contributed by atoms with E-state index < -0.39 is 0 Å². The lowest BCUT2D eigenvalue weighted by atomic mass is 9.94. The Morgan fingerprint density at radius 1 is 1.22 bits per heavy atom. The molecule has 2 heterocycles. The molecule has 0 spiro atoms. The number of amides is 1. The molecule has 0 bridgehead atoms. The maximum Gasteiger partial charge on any atom is 0.255 e. The number of carbonyl (C=O) groups excluding carboxylic acids is 1. The number of likely N-dealkylation sites (tertiary alicyclic amines) is 1. The van der Waals surface area contributed by atoms with Gasteiger partial charge in [0.15, 0.2) is 0 Å². The number of nitrogens with zero attached hydrogens (tertiary/aromatic N) is 2. The molecule has 1 fully saturated rings. The standard InChI is InChI=1S/C19H24N2OS/c1-20(2)13-15-6-8-16(9-7-15)18-5-3-4-11-21(18)19(22)17-10-12-23-14-17/h6-10,12,14,18H,3-5,11,13H2,1-2H3/t18-/m0/s1. The lowest BCUT2D eigenvalue weighted by molar-refractivity contribution is 0.0612. The van der Waals surface area contributed by atoms with Crippen LogP contribution in [0.15, 0.2) is 41.1 Å². The Kier molecular flexibility index (Phi) is 5.13. The van der Waals surface area contributed by atoms with Crippen LogP contribution in [0.25, 0.3) is 0 Å². The molecule has 4 heteroatoms. The molecular formula is C19H24N2OS. The van der Waals surface area contributed by atoms with E-state index in [4.69, 9.17) is 0 Å². The van der Waals surface area contributed by atoms with E-state index in [0.717, 1.165) is 31.5 Å². The van der Waals surface area contributed by atoms with Crippen molar-refractivity contribution >= 4 is 17.2 Å². The predicted octanol–water partition coefficient (Wildman–Crippen LogP) is 4.18. The van der Waals surface area contributed by atoms with E-state index in [1.165, 1.54) is 17.5 Å². The normalized spacial score (nSPS) is 18.4. The second kappa shape index (κ2) is 7.28. The average molecular weight is 328 g/mol. The summed E-state index contributed by atoms with van der Waals surface area (Å²) in [7, 11) is 4.16. The van der Waals surface area contributed by atoms with Gasteiger partial charge in [-0.05, 0) is 55.9 Å². The van der Waals surface area contributed by atoms with Crippen molar-refractivity contribution in [2.45, 2.75) is 31.8 Å². The van der Waals surface area contributed by atoms with Crippen molar-refractivity contribution in [1.29, 1.82) is 0 Å². The van der Waals surface area contributed by atoms with Crippen molar-refractivity contribution in [2.24, 2.45) is 0 Å². The molecule has 23 heavy (non-hydrogen) atoms. The number of hydrogen-bond acceptors (Lipinski definition) is 3. The largest absolute Gasteiger partial charge is 0.332 e. The lowest BCUT2D eigenvalue weighted by Gasteiger charge is -2.36. The monoisotopic (exact) mass is 328 g/mol. The number of carbonyl (C=O) groups is 1. The summed E-state index contributed by atoms with van der Waals surface area (Å²) in [4.78, 5) is 17.0. The summed E-state index contributed by atoms with van der Waals surface area (Å²) in [5.41, 5.74) is 3.40. The SMILES string of the molecule is CN(C)Cc1ccc([C@@H]2CCCCN2C(=O)c2ccsc2)cc1. The first-order valence-electron chi connectivity index (χ1n) is 8.22. The summed E-state index contributed by atoms with van der Waals surface area (Å²) in [5, 5.41) is 3.93. The van der Waals surface area contributed by atoms with Gasteiger partial charge in [0.1, 0.15) is 0 Å². The zero-order valence-electron chi connectivity index (χ0n) is 13.9. The molecule has 1 saturated heterocycles. The van der Waals surface area contributed by atoms with Crippen molar-refractivity contribution in [3.63, 3.8) is 0 Å². The van der Waals surface area contributed by atoms with E-state index in [2.05, 4.69) is 48.2 Å². The molecule has 3 rings (SSSR count). The maximum absolute atomic E-state index is 12.8. The number of hydrogen-bond donors (Lipinski definition) is 0. The van der Waals surface area contributed by atoms with Crippen LogP contribution >= 0.6 is 11.3 Å².